The molecule has 0 bridgehead atoms. The molecule has 0 radical (unpaired) electrons. The molecule has 3 rings (SSSR count). The molecule has 144 valence electrons. The van der Waals surface area contributed by atoms with Gasteiger partial charge in [-0.15, -0.1) is 0 Å². The van der Waals surface area contributed by atoms with Gasteiger partial charge in [0.05, 0.1) is 11.5 Å². The smallest absolute Gasteiger partial charge is 0.611 e. The molecule has 0 atom stereocenters. The Bertz CT molecular complexity index is 798. The second-order valence-electron chi connectivity index (χ2n) is 10.1. The Kier molecular flexibility index (Phi) is 5.17. The first kappa shape index (κ1) is 20.3. The summed E-state index contributed by atoms with van der Waals surface area (Å²) in [6.45, 7) is 17.9. The maximum absolute atomic E-state index is 6.52. The van der Waals surface area contributed by atoms with Gasteiger partial charge in [0.2, 0.25) is 0 Å². The Hall–Kier alpha value is -1.43. The van der Waals surface area contributed by atoms with Crippen molar-refractivity contribution in [2.45, 2.75) is 78.4 Å². The van der Waals surface area contributed by atoms with Crippen molar-refractivity contribution in [1.29, 1.82) is 0 Å². The van der Waals surface area contributed by atoms with Crippen LogP contribution in [0.25, 0.3) is 0 Å². The van der Waals surface area contributed by atoms with Gasteiger partial charge >= 0.3 is 14.8 Å². The Labute approximate surface area is 170 Å². The van der Waals surface area contributed by atoms with Gasteiger partial charge in [-0.3, -0.25) is 0 Å². The van der Waals surface area contributed by atoms with Crippen molar-refractivity contribution in [3.63, 3.8) is 0 Å². The maximum Gasteiger partial charge on any atom is 0.853 e. The minimum Gasteiger partial charge on any atom is -0.611 e. The highest BCUT2D eigenvalue weighted by atomic mass is 27.2. The summed E-state index contributed by atoms with van der Waals surface area (Å²) in [5.41, 5.74) is 7.81. The zero-order chi connectivity index (χ0) is 20.1. The van der Waals surface area contributed by atoms with E-state index in [-0.39, 0.29) is 10.8 Å². The van der Waals surface area contributed by atoms with Crippen LogP contribution in [0.5, 0.6) is 11.5 Å². The highest BCUT2D eigenvalue weighted by molar-refractivity contribution is 6.44. The fourth-order valence-corrected chi connectivity index (χ4v) is 5.18. The first-order chi connectivity index (χ1) is 12.4. The summed E-state index contributed by atoms with van der Waals surface area (Å²) in [4.78, 5) is 0. The van der Waals surface area contributed by atoms with E-state index in [1.165, 1.54) is 33.4 Å². The molecule has 0 saturated carbocycles. The molecular weight excluding hydrogens is 347 g/mol. The highest BCUT2D eigenvalue weighted by Crippen LogP contribution is 2.42. The predicted octanol–water partition coefficient (Wildman–Crippen LogP) is 6.38. The van der Waals surface area contributed by atoms with Crippen LogP contribution in [0.2, 0.25) is 5.79 Å². The average Bonchev–Trinajstić information content (AvgIpc) is 2.48. The van der Waals surface area contributed by atoms with Gasteiger partial charge < -0.3 is 7.58 Å². The summed E-state index contributed by atoms with van der Waals surface area (Å²) in [6, 6.07) is 9.14. The number of fused-ring (bicyclic) bond motifs is 2. The van der Waals surface area contributed by atoms with Crippen LogP contribution in [-0.2, 0) is 17.3 Å². The molecule has 0 fully saturated rings. The van der Waals surface area contributed by atoms with E-state index < -0.39 is 14.8 Å². The fourth-order valence-electron chi connectivity index (χ4n) is 3.91. The lowest BCUT2D eigenvalue weighted by Crippen LogP contribution is -2.31. The Balaban J connectivity index is 2.26. The molecule has 3 heteroatoms. The second kappa shape index (κ2) is 6.87. The monoisotopic (exact) mass is 380 g/mol. The van der Waals surface area contributed by atoms with E-state index in [9.17, 15) is 0 Å². The third kappa shape index (κ3) is 4.20. The Morgan fingerprint density at radius 1 is 0.704 bits per heavy atom. The predicted molar refractivity (Wildman–Crippen MR) is 115 cm³/mol. The summed E-state index contributed by atoms with van der Waals surface area (Å²) < 4.78 is 13.0. The minimum atomic E-state index is -1.87. The molecule has 0 spiro atoms. The molecule has 0 saturated heterocycles. The molecular formula is C24H33AlO2. The topological polar surface area (TPSA) is 18.5 Å². The summed E-state index contributed by atoms with van der Waals surface area (Å²) in [6.07, 6.45) is 0.849. The van der Waals surface area contributed by atoms with Crippen LogP contribution in [0.1, 0.15) is 74.9 Å². The molecule has 0 aliphatic carbocycles. The van der Waals surface area contributed by atoms with Crippen LogP contribution >= 0.6 is 0 Å². The normalized spacial score (nSPS) is 14.5. The zero-order valence-electron chi connectivity index (χ0n) is 18.4. The van der Waals surface area contributed by atoms with E-state index in [1.54, 1.807) is 0 Å². The molecule has 1 heterocycles. The Morgan fingerprint density at radius 3 is 1.41 bits per heavy atom. The van der Waals surface area contributed by atoms with E-state index in [1.807, 2.05) is 0 Å². The summed E-state index contributed by atoms with van der Waals surface area (Å²) >= 11 is -1.87. The van der Waals surface area contributed by atoms with Gasteiger partial charge in [-0.2, -0.15) is 0 Å². The quantitative estimate of drug-likeness (QED) is 0.494. The molecule has 27 heavy (non-hydrogen) atoms. The summed E-state index contributed by atoms with van der Waals surface area (Å²) in [7, 11) is 0. The van der Waals surface area contributed by atoms with Crippen molar-refractivity contribution in [3.05, 3.63) is 57.6 Å². The molecule has 0 aromatic heterocycles. The van der Waals surface area contributed by atoms with Crippen molar-refractivity contribution >= 4 is 14.8 Å². The van der Waals surface area contributed by atoms with Crippen LogP contribution in [0.4, 0.5) is 0 Å². The van der Waals surface area contributed by atoms with Crippen LogP contribution in [0, 0.1) is 13.8 Å². The van der Waals surface area contributed by atoms with Gasteiger partial charge in [-0.25, -0.2) is 0 Å². The fraction of sp³-hybridized carbons (Fsp3) is 0.500. The van der Waals surface area contributed by atoms with Gasteiger partial charge in [-0.1, -0.05) is 76.9 Å². The van der Waals surface area contributed by atoms with E-state index in [0.717, 1.165) is 17.9 Å². The minimum absolute atomic E-state index is 0.0371. The van der Waals surface area contributed by atoms with E-state index in [4.69, 9.17) is 7.58 Å². The molecule has 0 unspecified atom stereocenters. The van der Waals surface area contributed by atoms with E-state index >= 15 is 0 Å². The van der Waals surface area contributed by atoms with Crippen LogP contribution in [0.3, 0.4) is 0 Å². The first-order valence-corrected chi connectivity index (χ1v) is 12.1. The summed E-state index contributed by atoms with van der Waals surface area (Å²) in [5, 5.41) is 0. The van der Waals surface area contributed by atoms with Gasteiger partial charge in [0.1, 0.15) is 0 Å². The standard InChI is InChI=1S/C23H32O2.CH3.Al/c1-14-9-16(20(24)18(11-14)22(3,4)5)13-17-10-15(2)12-19(21(17)25)23(6,7)8;;/h9-12,24-25H,13H2,1-8H3;1H3;/q;;+2/p-2. The molecule has 2 aromatic rings. The number of rotatable bonds is 0. The highest BCUT2D eigenvalue weighted by Gasteiger charge is 2.35. The van der Waals surface area contributed by atoms with Crippen molar-refractivity contribution in [2.75, 3.05) is 0 Å². The van der Waals surface area contributed by atoms with Crippen molar-refractivity contribution in [2.24, 2.45) is 0 Å². The molecule has 1 aliphatic heterocycles. The number of benzene rings is 2. The second-order valence-corrected chi connectivity index (χ2v) is 11.7. The Morgan fingerprint density at radius 2 is 1.07 bits per heavy atom. The van der Waals surface area contributed by atoms with Crippen LogP contribution < -0.4 is 7.58 Å². The molecule has 0 amide bonds. The molecule has 2 nitrogen and oxygen atoms in total. The molecule has 0 N–H and O–H groups in total. The largest absolute Gasteiger partial charge is 0.853 e. The van der Waals surface area contributed by atoms with Gasteiger partial charge in [0.25, 0.3) is 0 Å². The lowest BCUT2D eigenvalue weighted by Gasteiger charge is -2.32. The number of aryl methyl sites for hydroxylation is 2. The average molecular weight is 381 g/mol. The number of hydrogen-bond acceptors (Lipinski definition) is 2. The van der Waals surface area contributed by atoms with Crippen molar-refractivity contribution in [1.82, 2.24) is 0 Å². The lowest BCUT2D eigenvalue weighted by molar-refractivity contribution is 0.401. The van der Waals surface area contributed by atoms with Crippen molar-refractivity contribution < 1.29 is 7.58 Å². The third-order valence-electron chi connectivity index (χ3n) is 5.18. The van der Waals surface area contributed by atoms with E-state index in [0.29, 0.717) is 0 Å². The third-order valence-corrected chi connectivity index (χ3v) is 6.32. The molecule has 2 aromatic carbocycles. The van der Waals surface area contributed by atoms with Gasteiger partial charge in [0.15, 0.2) is 0 Å². The number of hydrogen-bond donors (Lipinski definition) is 0. The maximum atomic E-state index is 6.52. The van der Waals surface area contributed by atoms with Gasteiger partial charge in [0, 0.05) is 6.42 Å². The van der Waals surface area contributed by atoms with Crippen molar-refractivity contribution in [3.8, 4) is 11.5 Å². The zero-order valence-corrected chi connectivity index (χ0v) is 19.6. The molecule has 1 aliphatic rings. The van der Waals surface area contributed by atoms with Gasteiger partial charge in [-0.05, 0) is 52.7 Å². The first-order valence-electron chi connectivity index (χ1n) is 9.97. The lowest BCUT2D eigenvalue weighted by atomic mass is 9.81. The SMILES string of the molecule is Cc1cc2c(c(C(C)(C)C)c1)[O][Al]([CH3])[O]c1c(cc(C)cc1C(C)(C)C)C2. The van der Waals surface area contributed by atoms with Crippen LogP contribution in [0.15, 0.2) is 24.3 Å². The van der Waals surface area contributed by atoms with E-state index in [2.05, 4.69) is 85.4 Å². The van der Waals surface area contributed by atoms with Crippen LogP contribution in [-0.4, -0.2) is 14.8 Å². The summed E-state index contributed by atoms with van der Waals surface area (Å²) in [5.74, 6) is 4.24.